The Morgan fingerprint density at radius 1 is 1.11 bits per heavy atom. The Kier molecular flexibility index (Phi) is 7.84. The summed E-state index contributed by atoms with van der Waals surface area (Å²) in [6.07, 6.45) is 1.63. The Morgan fingerprint density at radius 2 is 1.86 bits per heavy atom. The van der Waals surface area contributed by atoms with E-state index in [9.17, 15) is 14.4 Å². The molecule has 2 aliphatic rings. The van der Waals surface area contributed by atoms with Crippen molar-refractivity contribution >= 4 is 29.3 Å². The van der Waals surface area contributed by atoms with Crippen LogP contribution in [0.3, 0.4) is 0 Å². The molecule has 0 radical (unpaired) electrons. The van der Waals surface area contributed by atoms with Crippen molar-refractivity contribution in [3.05, 3.63) is 64.4 Å². The lowest BCUT2D eigenvalue weighted by atomic mass is 9.75. The van der Waals surface area contributed by atoms with Crippen LogP contribution in [0.25, 0.3) is 0 Å². The van der Waals surface area contributed by atoms with Crippen LogP contribution in [0.4, 0.5) is 0 Å². The molecule has 186 valence electrons. The third kappa shape index (κ3) is 5.24. The van der Waals surface area contributed by atoms with E-state index in [0.717, 1.165) is 17.8 Å². The van der Waals surface area contributed by atoms with Crippen molar-refractivity contribution in [2.24, 2.45) is 0 Å². The van der Waals surface area contributed by atoms with E-state index in [4.69, 9.17) is 16.3 Å². The molecule has 3 heterocycles. The van der Waals surface area contributed by atoms with Crippen molar-refractivity contribution in [3.63, 3.8) is 0 Å². The van der Waals surface area contributed by atoms with Gasteiger partial charge in [0.05, 0.1) is 24.3 Å². The van der Waals surface area contributed by atoms with Crippen LogP contribution in [0, 0.1) is 6.92 Å². The molecule has 8 nitrogen and oxygen atoms in total. The molecule has 4 rings (SSSR count). The van der Waals surface area contributed by atoms with Crippen molar-refractivity contribution in [3.8, 4) is 0 Å². The summed E-state index contributed by atoms with van der Waals surface area (Å²) >= 11 is 6.49. The van der Waals surface area contributed by atoms with Crippen molar-refractivity contribution in [1.29, 1.82) is 0 Å². The summed E-state index contributed by atoms with van der Waals surface area (Å²) in [4.78, 5) is 49.7. The molecule has 2 aromatic rings. The van der Waals surface area contributed by atoms with Gasteiger partial charge in [-0.1, -0.05) is 35.9 Å². The van der Waals surface area contributed by atoms with Crippen LogP contribution in [-0.4, -0.2) is 83.8 Å². The van der Waals surface area contributed by atoms with E-state index in [2.05, 4.69) is 9.88 Å². The average Bonchev–Trinajstić information content (AvgIpc) is 3.09. The number of carbonyl (C=O) groups is 3. The van der Waals surface area contributed by atoms with E-state index in [1.54, 1.807) is 35.4 Å². The van der Waals surface area contributed by atoms with Crippen LogP contribution < -0.4 is 0 Å². The average molecular weight is 499 g/mol. The third-order valence-corrected chi connectivity index (χ3v) is 7.32. The lowest BCUT2D eigenvalue weighted by molar-refractivity contribution is -0.143. The smallest absolute Gasteiger partial charge is 0.241 e. The Bertz CT molecular complexity index is 1100. The highest BCUT2D eigenvalue weighted by atomic mass is 35.5. The standard InChI is InChI=1S/C26H31ClN4O4/c1-19-6-5-9-28-22(19)18-29-10-12-30(13-11-29)23(32)16-26(20-7-3-4-8-21(20)27)17-24(33)31(25(26)34)14-15-35-2/h3-9H,10-18H2,1-2H3. The van der Waals surface area contributed by atoms with Gasteiger partial charge in [-0.05, 0) is 30.2 Å². The van der Waals surface area contributed by atoms with Gasteiger partial charge in [-0.3, -0.25) is 29.2 Å². The van der Waals surface area contributed by atoms with E-state index in [0.29, 0.717) is 36.8 Å². The van der Waals surface area contributed by atoms with Gasteiger partial charge in [0.15, 0.2) is 0 Å². The first-order chi connectivity index (χ1) is 16.9. The zero-order valence-electron chi connectivity index (χ0n) is 20.2. The fourth-order valence-corrected chi connectivity index (χ4v) is 5.24. The van der Waals surface area contributed by atoms with Crippen molar-refractivity contribution in [2.75, 3.05) is 46.4 Å². The lowest BCUT2D eigenvalue weighted by Gasteiger charge is -2.37. The van der Waals surface area contributed by atoms with Gasteiger partial charge in [-0.25, -0.2) is 0 Å². The molecule has 2 fully saturated rings. The Balaban J connectivity index is 1.49. The highest BCUT2D eigenvalue weighted by molar-refractivity contribution is 6.32. The molecular formula is C26H31ClN4O4. The van der Waals surface area contributed by atoms with E-state index in [1.165, 1.54) is 12.0 Å². The molecule has 0 N–H and O–H groups in total. The van der Waals surface area contributed by atoms with E-state index in [1.807, 2.05) is 19.1 Å². The summed E-state index contributed by atoms with van der Waals surface area (Å²) in [6, 6.07) is 11.0. The van der Waals surface area contributed by atoms with E-state index in [-0.39, 0.29) is 43.7 Å². The summed E-state index contributed by atoms with van der Waals surface area (Å²) in [5, 5.41) is 0.380. The fourth-order valence-electron chi connectivity index (χ4n) is 4.92. The molecule has 2 saturated heterocycles. The van der Waals surface area contributed by atoms with Gasteiger partial charge < -0.3 is 9.64 Å². The Morgan fingerprint density at radius 3 is 2.54 bits per heavy atom. The number of nitrogens with zero attached hydrogens (tertiary/aromatic N) is 4. The molecule has 1 aromatic carbocycles. The molecule has 1 unspecified atom stereocenters. The van der Waals surface area contributed by atoms with Crippen molar-refractivity contribution in [1.82, 2.24) is 19.7 Å². The normalized spacial score (nSPS) is 21.1. The largest absolute Gasteiger partial charge is 0.383 e. The lowest BCUT2D eigenvalue weighted by Crippen LogP contribution is -2.51. The van der Waals surface area contributed by atoms with E-state index < -0.39 is 5.41 Å². The quantitative estimate of drug-likeness (QED) is 0.520. The second kappa shape index (κ2) is 10.8. The molecule has 3 amide bonds. The number of rotatable bonds is 8. The van der Waals surface area contributed by atoms with Crippen LogP contribution in [-0.2, 0) is 31.1 Å². The van der Waals surface area contributed by atoms with Gasteiger partial charge in [-0.15, -0.1) is 0 Å². The first-order valence-corrected chi connectivity index (χ1v) is 12.2. The number of halogens is 1. The Hall–Kier alpha value is -2.81. The number of aromatic nitrogens is 1. The first-order valence-electron chi connectivity index (χ1n) is 11.8. The Labute approximate surface area is 210 Å². The number of methoxy groups -OCH3 is 1. The van der Waals surface area contributed by atoms with E-state index >= 15 is 0 Å². The highest BCUT2D eigenvalue weighted by Crippen LogP contribution is 2.43. The molecule has 1 atom stereocenters. The number of carbonyl (C=O) groups excluding carboxylic acids is 3. The first kappa shape index (κ1) is 25.3. The molecule has 0 saturated carbocycles. The molecule has 0 aliphatic carbocycles. The number of piperazine rings is 1. The second-order valence-corrected chi connectivity index (χ2v) is 9.59. The second-order valence-electron chi connectivity index (χ2n) is 9.18. The topological polar surface area (TPSA) is 83.1 Å². The number of hydrogen-bond acceptors (Lipinski definition) is 6. The molecule has 9 heteroatoms. The molecular weight excluding hydrogens is 468 g/mol. The predicted molar refractivity (Wildman–Crippen MR) is 132 cm³/mol. The number of hydrogen-bond donors (Lipinski definition) is 0. The molecule has 35 heavy (non-hydrogen) atoms. The maximum Gasteiger partial charge on any atom is 0.241 e. The van der Waals surface area contributed by atoms with Crippen LogP contribution >= 0.6 is 11.6 Å². The number of benzene rings is 1. The zero-order valence-corrected chi connectivity index (χ0v) is 21.0. The maximum absolute atomic E-state index is 13.6. The number of amides is 3. The summed E-state index contributed by atoms with van der Waals surface area (Å²) in [5.74, 6) is -0.839. The molecule has 1 aromatic heterocycles. The van der Waals surface area contributed by atoms with Gasteiger partial charge in [-0.2, -0.15) is 0 Å². The summed E-state index contributed by atoms with van der Waals surface area (Å²) in [7, 11) is 1.52. The van der Waals surface area contributed by atoms with Crippen molar-refractivity contribution < 1.29 is 19.1 Å². The van der Waals surface area contributed by atoms with Crippen LogP contribution in [0.1, 0.15) is 29.7 Å². The monoisotopic (exact) mass is 498 g/mol. The minimum atomic E-state index is -1.30. The minimum absolute atomic E-state index is 0.0794. The summed E-state index contributed by atoms with van der Waals surface area (Å²) < 4.78 is 5.08. The summed E-state index contributed by atoms with van der Waals surface area (Å²) in [6.45, 7) is 5.72. The maximum atomic E-state index is 13.6. The molecule has 0 bridgehead atoms. The summed E-state index contributed by atoms with van der Waals surface area (Å²) in [5.41, 5.74) is 1.41. The van der Waals surface area contributed by atoms with Gasteiger partial charge in [0.2, 0.25) is 17.7 Å². The van der Waals surface area contributed by atoms with Crippen molar-refractivity contribution in [2.45, 2.75) is 31.7 Å². The third-order valence-electron chi connectivity index (χ3n) is 6.99. The van der Waals surface area contributed by atoms with Crippen LogP contribution in [0.15, 0.2) is 42.6 Å². The number of aryl methyl sites for hydroxylation is 1. The zero-order chi connectivity index (χ0) is 25.0. The van der Waals surface area contributed by atoms with Crippen LogP contribution in [0.2, 0.25) is 5.02 Å². The van der Waals surface area contributed by atoms with Gasteiger partial charge in [0, 0.05) is 63.9 Å². The fraction of sp³-hybridized carbons (Fsp3) is 0.462. The van der Waals surface area contributed by atoms with Crippen LogP contribution in [0.5, 0.6) is 0 Å². The SMILES string of the molecule is COCCN1C(=O)CC(CC(=O)N2CCN(Cc3ncccc3C)CC2)(c2ccccc2Cl)C1=O. The number of likely N-dealkylation sites (tertiary alicyclic amines) is 1. The van der Waals surface area contributed by atoms with Gasteiger partial charge in [0.25, 0.3) is 0 Å². The van der Waals surface area contributed by atoms with Gasteiger partial charge in [0.1, 0.15) is 0 Å². The van der Waals surface area contributed by atoms with Gasteiger partial charge >= 0.3 is 0 Å². The minimum Gasteiger partial charge on any atom is -0.383 e. The number of imide groups is 1. The predicted octanol–water partition coefficient (Wildman–Crippen LogP) is 2.42. The number of ether oxygens (including phenoxy) is 1. The molecule has 2 aliphatic heterocycles. The number of pyridine rings is 1. The molecule has 0 spiro atoms. The highest BCUT2D eigenvalue weighted by Gasteiger charge is 2.54.